The predicted molar refractivity (Wildman–Crippen MR) is 89.1 cm³/mol. The first-order valence-electron chi connectivity index (χ1n) is 8.39. The highest BCUT2D eigenvalue weighted by molar-refractivity contribution is 5.37. The van der Waals surface area contributed by atoms with Gasteiger partial charge in [-0.3, -0.25) is 0 Å². The Hall–Kier alpha value is -1.06. The number of hydrogen-bond acceptors (Lipinski definition) is 3. The van der Waals surface area contributed by atoms with Crippen LogP contribution in [-0.2, 0) is 0 Å². The third-order valence-corrected chi connectivity index (χ3v) is 4.28. The molecule has 1 atom stereocenters. The fourth-order valence-corrected chi connectivity index (χ4v) is 3.00. The van der Waals surface area contributed by atoms with Crippen LogP contribution in [0.2, 0.25) is 0 Å². The van der Waals surface area contributed by atoms with Crippen LogP contribution >= 0.6 is 0 Å². The van der Waals surface area contributed by atoms with Gasteiger partial charge in [-0.15, -0.1) is 0 Å². The highest BCUT2D eigenvalue weighted by Crippen LogP contribution is 2.23. The lowest BCUT2D eigenvalue weighted by Gasteiger charge is -2.17. The van der Waals surface area contributed by atoms with Gasteiger partial charge < -0.3 is 15.0 Å². The van der Waals surface area contributed by atoms with Gasteiger partial charge in [0.25, 0.3) is 0 Å². The van der Waals surface area contributed by atoms with Gasteiger partial charge in [0.2, 0.25) is 0 Å². The number of rotatable bonds is 8. The highest BCUT2D eigenvalue weighted by Gasteiger charge is 2.11. The van der Waals surface area contributed by atoms with E-state index in [9.17, 15) is 0 Å². The van der Waals surface area contributed by atoms with E-state index in [2.05, 4.69) is 49.2 Å². The van der Waals surface area contributed by atoms with E-state index in [-0.39, 0.29) is 0 Å². The van der Waals surface area contributed by atoms with Crippen LogP contribution in [-0.4, -0.2) is 37.7 Å². The van der Waals surface area contributed by atoms with Crippen molar-refractivity contribution in [3.8, 4) is 5.75 Å². The van der Waals surface area contributed by atoms with Crippen LogP contribution in [0, 0.1) is 6.92 Å². The normalized spacial score (nSPS) is 17.1. The number of nitrogens with zero attached hydrogens (tertiary/aromatic N) is 1. The zero-order valence-electron chi connectivity index (χ0n) is 13.8. The van der Waals surface area contributed by atoms with Crippen LogP contribution in [0.25, 0.3) is 0 Å². The molecule has 1 unspecified atom stereocenters. The molecule has 1 saturated heterocycles. The summed E-state index contributed by atoms with van der Waals surface area (Å²) in [7, 11) is 0. The lowest BCUT2D eigenvalue weighted by atomic mass is 10.1. The molecule has 0 aromatic heterocycles. The number of nitrogens with one attached hydrogen (secondary N) is 1. The maximum atomic E-state index is 5.94. The van der Waals surface area contributed by atoms with Gasteiger partial charge in [0.15, 0.2) is 0 Å². The van der Waals surface area contributed by atoms with Crippen LogP contribution in [0.15, 0.2) is 18.2 Å². The van der Waals surface area contributed by atoms with Crippen LogP contribution in [0.3, 0.4) is 0 Å². The zero-order valence-corrected chi connectivity index (χ0v) is 13.8. The number of benzene rings is 1. The van der Waals surface area contributed by atoms with Gasteiger partial charge in [-0.05, 0) is 69.9 Å². The molecule has 1 aliphatic rings. The van der Waals surface area contributed by atoms with Crippen LogP contribution in [0.1, 0.15) is 50.3 Å². The largest absolute Gasteiger partial charge is 0.493 e. The van der Waals surface area contributed by atoms with Crippen molar-refractivity contribution in [2.24, 2.45) is 0 Å². The van der Waals surface area contributed by atoms with E-state index in [1.54, 1.807) is 0 Å². The standard InChI is InChI=1S/C18H30N2O/c1-4-19-16(3)17-8-9-18(15(2)14-17)21-13-7-12-20-10-5-6-11-20/h8-9,14,16,19H,4-7,10-13H2,1-3H3. The summed E-state index contributed by atoms with van der Waals surface area (Å²) in [4.78, 5) is 2.54. The minimum absolute atomic E-state index is 0.401. The molecule has 1 aromatic rings. The van der Waals surface area contributed by atoms with Gasteiger partial charge in [0.1, 0.15) is 5.75 Å². The molecule has 0 saturated carbocycles. The summed E-state index contributed by atoms with van der Waals surface area (Å²) >= 11 is 0. The monoisotopic (exact) mass is 290 g/mol. The highest BCUT2D eigenvalue weighted by atomic mass is 16.5. The topological polar surface area (TPSA) is 24.5 Å². The number of ether oxygens (including phenoxy) is 1. The van der Waals surface area contributed by atoms with E-state index in [0.29, 0.717) is 6.04 Å². The molecule has 0 amide bonds. The maximum absolute atomic E-state index is 5.94. The van der Waals surface area contributed by atoms with Crippen molar-refractivity contribution in [3.63, 3.8) is 0 Å². The van der Waals surface area contributed by atoms with E-state index in [1.807, 2.05) is 0 Å². The van der Waals surface area contributed by atoms with Crippen molar-refractivity contribution in [1.29, 1.82) is 0 Å². The van der Waals surface area contributed by atoms with Crippen molar-refractivity contribution in [1.82, 2.24) is 10.2 Å². The average Bonchev–Trinajstić information content (AvgIpc) is 2.98. The second-order valence-electron chi connectivity index (χ2n) is 6.06. The Balaban J connectivity index is 1.77. The molecule has 1 N–H and O–H groups in total. The van der Waals surface area contributed by atoms with Crippen LogP contribution < -0.4 is 10.1 Å². The molecule has 118 valence electrons. The Kier molecular flexibility index (Phi) is 6.52. The summed E-state index contributed by atoms with van der Waals surface area (Å²) in [5.74, 6) is 1.03. The quantitative estimate of drug-likeness (QED) is 0.741. The molecule has 0 aliphatic carbocycles. The fourth-order valence-electron chi connectivity index (χ4n) is 3.00. The number of likely N-dealkylation sites (tertiary alicyclic amines) is 1. The van der Waals surface area contributed by atoms with Gasteiger partial charge in [0, 0.05) is 12.6 Å². The van der Waals surface area contributed by atoms with Crippen molar-refractivity contribution in [2.75, 3.05) is 32.8 Å². The van der Waals surface area contributed by atoms with Crippen molar-refractivity contribution in [2.45, 2.75) is 46.1 Å². The molecule has 1 aromatic carbocycles. The lowest BCUT2D eigenvalue weighted by molar-refractivity contribution is 0.262. The summed E-state index contributed by atoms with van der Waals surface area (Å²) in [5, 5.41) is 3.45. The minimum Gasteiger partial charge on any atom is -0.493 e. The third kappa shape index (κ3) is 5.01. The van der Waals surface area contributed by atoms with Gasteiger partial charge in [0.05, 0.1) is 6.61 Å². The second kappa shape index (κ2) is 8.40. The zero-order chi connectivity index (χ0) is 15.1. The van der Waals surface area contributed by atoms with E-state index >= 15 is 0 Å². The number of aryl methyl sites for hydroxylation is 1. The van der Waals surface area contributed by atoms with Gasteiger partial charge in [-0.25, -0.2) is 0 Å². The molecular weight excluding hydrogens is 260 g/mol. The Bertz CT molecular complexity index is 427. The Morgan fingerprint density at radius 3 is 2.71 bits per heavy atom. The Morgan fingerprint density at radius 2 is 2.05 bits per heavy atom. The lowest BCUT2D eigenvalue weighted by Crippen LogP contribution is -2.22. The smallest absolute Gasteiger partial charge is 0.122 e. The summed E-state index contributed by atoms with van der Waals surface area (Å²) < 4.78 is 5.94. The Morgan fingerprint density at radius 1 is 1.29 bits per heavy atom. The van der Waals surface area contributed by atoms with Crippen LogP contribution in [0.5, 0.6) is 5.75 Å². The summed E-state index contributed by atoms with van der Waals surface area (Å²) in [6.07, 6.45) is 3.85. The molecule has 1 aliphatic heterocycles. The van der Waals surface area contributed by atoms with E-state index in [0.717, 1.165) is 25.3 Å². The first-order valence-corrected chi connectivity index (χ1v) is 8.39. The fraction of sp³-hybridized carbons (Fsp3) is 0.667. The van der Waals surface area contributed by atoms with Crippen molar-refractivity contribution in [3.05, 3.63) is 29.3 Å². The van der Waals surface area contributed by atoms with Crippen LogP contribution in [0.4, 0.5) is 0 Å². The Labute approximate surface area is 129 Å². The van der Waals surface area contributed by atoms with Gasteiger partial charge in [-0.1, -0.05) is 19.1 Å². The molecule has 1 heterocycles. The SMILES string of the molecule is CCNC(C)c1ccc(OCCCN2CCCC2)c(C)c1. The van der Waals surface area contributed by atoms with Crippen molar-refractivity contribution >= 4 is 0 Å². The van der Waals surface area contributed by atoms with E-state index < -0.39 is 0 Å². The number of hydrogen-bond donors (Lipinski definition) is 1. The average molecular weight is 290 g/mol. The van der Waals surface area contributed by atoms with Gasteiger partial charge >= 0.3 is 0 Å². The first kappa shape index (κ1) is 16.3. The molecule has 2 rings (SSSR count). The summed E-state index contributed by atoms with van der Waals surface area (Å²) in [6.45, 7) is 12.0. The summed E-state index contributed by atoms with van der Waals surface area (Å²) in [6, 6.07) is 6.94. The minimum atomic E-state index is 0.401. The molecule has 0 bridgehead atoms. The van der Waals surface area contributed by atoms with E-state index in [4.69, 9.17) is 4.74 Å². The molecule has 0 spiro atoms. The van der Waals surface area contributed by atoms with E-state index in [1.165, 1.54) is 43.6 Å². The predicted octanol–water partition coefficient (Wildman–Crippen LogP) is 3.53. The maximum Gasteiger partial charge on any atom is 0.122 e. The molecular formula is C18H30N2O. The second-order valence-corrected chi connectivity index (χ2v) is 6.06. The molecule has 21 heavy (non-hydrogen) atoms. The summed E-state index contributed by atoms with van der Waals surface area (Å²) in [5.41, 5.74) is 2.57. The van der Waals surface area contributed by atoms with Gasteiger partial charge in [-0.2, -0.15) is 0 Å². The molecule has 3 nitrogen and oxygen atoms in total. The van der Waals surface area contributed by atoms with Crippen molar-refractivity contribution < 1.29 is 4.74 Å². The molecule has 0 radical (unpaired) electrons. The third-order valence-electron chi connectivity index (χ3n) is 4.28. The molecule has 3 heteroatoms. The molecule has 1 fully saturated rings. The first-order chi connectivity index (χ1) is 10.2.